The molecule has 0 unspecified atom stereocenters. The summed E-state index contributed by atoms with van der Waals surface area (Å²) in [4.78, 5) is 1.98. The summed E-state index contributed by atoms with van der Waals surface area (Å²) in [5.41, 5.74) is 0. The van der Waals surface area contributed by atoms with Gasteiger partial charge in [0.2, 0.25) is 10.0 Å². The number of nitrogens with zero attached hydrogens (tertiary/aromatic N) is 2. The zero-order valence-corrected chi connectivity index (χ0v) is 12.5. The fourth-order valence-corrected chi connectivity index (χ4v) is 2.46. The predicted octanol–water partition coefficient (Wildman–Crippen LogP) is 0.198. The molecule has 0 heterocycles. The molecule has 0 radical (unpaired) electrons. The summed E-state index contributed by atoms with van der Waals surface area (Å²) in [5.74, 6) is 0.219. The second-order valence-electron chi connectivity index (χ2n) is 4.90. The monoisotopic (exact) mass is 265 g/mol. The Hall–Kier alpha value is -0.170. The number of likely N-dealkylation sites (N-methyl/N-ethyl adjacent to an activating group) is 2. The van der Waals surface area contributed by atoms with Crippen LogP contribution in [0, 0.1) is 0 Å². The molecule has 0 aliphatic carbocycles. The number of sulfonamides is 1. The standard InChI is InChI=1S/C11H27N3O2S/c1-11(2)12-7-6-10-17(15,16)14(5)9-8-13(3)4/h11-12H,6-10H2,1-5H3. The van der Waals surface area contributed by atoms with E-state index in [0.29, 0.717) is 19.0 Å². The molecule has 0 spiro atoms. The summed E-state index contributed by atoms with van der Waals surface area (Å²) >= 11 is 0. The minimum atomic E-state index is -3.09. The molecule has 1 N–H and O–H groups in total. The number of rotatable bonds is 9. The molecule has 0 saturated heterocycles. The number of hydrogen-bond donors (Lipinski definition) is 1. The van der Waals surface area contributed by atoms with E-state index in [4.69, 9.17) is 0 Å². The van der Waals surface area contributed by atoms with Gasteiger partial charge < -0.3 is 10.2 Å². The van der Waals surface area contributed by atoms with Crippen molar-refractivity contribution in [2.75, 3.05) is 46.5 Å². The highest BCUT2D eigenvalue weighted by atomic mass is 32.2. The third-order valence-electron chi connectivity index (χ3n) is 2.47. The van der Waals surface area contributed by atoms with Gasteiger partial charge in [0.05, 0.1) is 5.75 Å². The third kappa shape index (κ3) is 8.54. The van der Waals surface area contributed by atoms with Gasteiger partial charge in [0.1, 0.15) is 0 Å². The third-order valence-corrected chi connectivity index (χ3v) is 4.41. The Morgan fingerprint density at radius 2 is 1.71 bits per heavy atom. The quantitative estimate of drug-likeness (QED) is 0.605. The highest BCUT2D eigenvalue weighted by Gasteiger charge is 2.16. The summed E-state index contributed by atoms with van der Waals surface area (Å²) in [6.45, 7) is 6.15. The average molecular weight is 265 g/mol. The van der Waals surface area contributed by atoms with Crippen molar-refractivity contribution in [2.45, 2.75) is 26.3 Å². The van der Waals surface area contributed by atoms with E-state index in [-0.39, 0.29) is 5.75 Å². The van der Waals surface area contributed by atoms with Gasteiger partial charge in [-0.1, -0.05) is 13.8 Å². The van der Waals surface area contributed by atoms with E-state index in [1.807, 2.05) is 19.0 Å². The van der Waals surface area contributed by atoms with Gasteiger partial charge in [-0.3, -0.25) is 0 Å². The summed E-state index contributed by atoms with van der Waals surface area (Å²) in [6, 6.07) is 0.407. The first-order valence-electron chi connectivity index (χ1n) is 6.08. The van der Waals surface area contributed by atoms with Crippen LogP contribution < -0.4 is 5.32 Å². The molecule has 17 heavy (non-hydrogen) atoms. The van der Waals surface area contributed by atoms with Crippen molar-refractivity contribution in [1.29, 1.82) is 0 Å². The first kappa shape index (κ1) is 16.8. The molecule has 0 aromatic rings. The molecule has 0 aliphatic heterocycles. The minimum absolute atomic E-state index is 0.219. The van der Waals surface area contributed by atoms with Crippen LogP contribution in [0.1, 0.15) is 20.3 Å². The van der Waals surface area contributed by atoms with Crippen LogP contribution in [0.3, 0.4) is 0 Å². The van der Waals surface area contributed by atoms with Crippen molar-refractivity contribution >= 4 is 10.0 Å². The van der Waals surface area contributed by atoms with Crippen molar-refractivity contribution < 1.29 is 8.42 Å². The highest BCUT2D eigenvalue weighted by molar-refractivity contribution is 7.89. The van der Waals surface area contributed by atoms with Gasteiger partial charge in [0.15, 0.2) is 0 Å². The van der Waals surface area contributed by atoms with E-state index in [1.54, 1.807) is 7.05 Å². The van der Waals surface area contributed by atoms with E-state index in [1.165, 1.54) is 4.31 Å². The van der Waals surface area contributed by atoms with Crippen LogP contribution in [0.4, 0.5) is 0 Å². The van der Waals surface area contributed by atoms with Crippen LogP contribution >= 0.6 is 0 Å². The lowest BCUT2D eigenvalue weighted by molar-refractivity contribution is 0.358. The molecular weight excluding hydrogens is 238 g/mol. The lowest BCUT2D eigenvalue weighted by Crippen LogP contribution is -2.36. The Balaban J connectivity index is 3.93. The molecule has 0 aromatic carbocycles. The van der Waals surface area contributed by atoms with Crippen molar-refractivity contribution in [2.24, 2.45) is 0 Å². The van der Waals surface area contributed by atoms with Gasteiger partial charge in [-0.25, -0.2) is 12.7 Å². The van der Waals surface area contributed by atoms with E-state index < -0.39 is 10.0 Å². The van der Waals surface area contributed by atoms with Gasteiger partial charge in [0.25, 0.3) is 0 Å². The molecule has 0 amide bonds. The van der Waals surface area contributed by atoms with Crippen molar-refractivity contribution in [3.05, 3.63) is 0 Å². The minimum Gasteiger partial charge on any atom is -0.314 e. The molecule has 0 rings (SSSR count). The molecule has 5 nitrogen and oxygen atoms in total. The van der Waals surface area contributed by atoms with E-state index >= 15 is 0 Å². The molecule has 0 fully saturated rings. The zero-order valence-electron chi connectivity index (χ0n) is 11.7. The molecular formula is C11H27N3O2S. The largest absolute Gasteiger partial charge is 0.314 e. The molecule has 0 aromatic heterocycles. The molecule has 0 aliphatic rings. The van der Waals surface area contributed by atoms with Crippen LogP contribution in [0.5, 0.6) is 0 Å². The van der Waals surface area contributed by atoms with Gasteiger partial charge in [-0.05, 0) is 27.1 Å². The Morgan fingerprint density at radius 1 is 1.12 bits per heavy atom. The summed E-state index contributed by atoms with van der Waals surface area (Å²) in [5, 5.41) is 3.22. The molecule has 104 valence electrons. The van der Waals surface area contributed by atoms with Gasteiger partial charge in [-0.2, -0.15) is 0 Å². The van der Waals surface area contributed by atoms with Gasteiger partial charge in [-0.15, -0.1) is 0 Å². The highest BCUT2D eigenvalue weighted by Crippen LogP contribution is 2.00. The van der Waals surface area contributed by atoms with Gasteiger partial charge >= 0.3 is 0 Å². The Morgan fingerprint density at radius 3 is 2.18 bits per heavy atom. The van der Waals surface area contributed by atoms with E-state index in [0.717, 1.165) is 13.1 Å². The van der Waals surface area contributed by atoms with E-state index in [9.17, 15) is 8.42 Å². The second-order valence-corrected chi connectivity index (χ2v) is 7.10. The lowest BCUT2D eigenvalue weighted by Gasteiger charge is -2.19. The van der Waals surface area contributed by atoms with Crippen molar-refractivity contribution in [3.63, 3.8) is 0 Å². The van der Waals surface area contributed by atoms with Crippen LogP contribution in [-0.4, -0.2) is 70.2 Å². The Bertz CT molecular complexity index is 289. The Labute approximate surface area is 106 Å². The summed E-state index contributed by atoms with van der Waals surface area (Å²) in [6.07, 6.45) is 0.660. The first-order valence-corrected chi connectivity index (χ1v) is 7.68. The topological polar surface area (TPSA) is 52.7 Å². The zero-order chi connectivity index (χ0) is 13.5. The van der Waals surface area contributed by atoms with Crippen LogP contribution in [0.25, 0.3) is 0 Å². The van der Waals surface area contributed by atoms with Crippen molar-refractivity contribution in [1.82, 2.24) is 14.5 Å². The van der Waals surface area contributed by atoms with Crippen LogP contribution in [0.2, 0.25) is 0 Å². The predicted molar refractivity (Wildman–Crippen MR) is 72.7 cm³/mol. The fourth-order valence-electron chi connectivity index (χ4n) is 1.28. The molecule has 0 saturated carbocycles. The maximum atomic E-state index is 11.9. The van der Waals surface area contributed by atoms with Gasteiger partial charge in [0, 0.05) is 26.2 Å². The SMILES string of the molecule is CC(C)NCCCS(=O)(=O)N(C)CCN(C)C. The summed E-state index contributed by atoms with van der Waals surface area (Å²) < 4.78 is 25.2. The number of hydrogen-bond acceptors (Lipinski definition) is 4. The summed E-state index contributed by atoms with van der Waals surface area (Å²) in [7, 11) is 2.44. The number of nitrogens with one attached hydrogen (secondary N) is 1. The van der Waals surface area contributed by atoms with Crippen LogP contribution in [0.15, 0.2) is 0 Å². The maximum Gasteiger partial charge on any atom is 0.213 e. The normalized spacial score (nSPS) is 12.9. The van der Waals surface area contributed by atoms with Crippen LogP contribution in [-0.2, 0) is 10.0 Å². The maximum absolute atomic E-state index is 11.9. The smallest absolute Gasteiger partial charge is 0.213 e. The first-order chi connectivity index (χ1) is 7.75. The average Bonchev–Trinajstić information content (AvgIpc) is 2.20. The molecule has 0 bridgehead atoms. The fraction of sp³-hybridized carbons (Fsp3) is 1.00. The Kier molecular flexibility index (Phi) is 7.94. The molecule has 6 heteroatoms. The molecule has 0 atom stereocenters. The van der Waals surface area contributed by atoms with Crippen molar-refractivity contribution in [3.8, 4) is 0 Å². The van der Waals surface area contributed by atoms with E-state index in [2.05, 4.69) is 19.2 Å². The lowest BCUT2D eigenvalue weighted by atomic mass is 10.4. The second kappa shape index (κ2) is 8.02.